The van der Waals surface area contributed by atoms with Crippen LogP contribution in [0.2, 0.25) is 5.02 Å². The lowest BCUT2D eigenvalue weighted by Crippen LogP contribution is -2.31. The van der Waals surface area contributed by atoms with Crippen molar-refractivity contribution < 1.29 is 4.79 Å². The molecule has 0 aliphatic carbocycles. The van der Waals surface area contributed by atoms with Gasteiger partial charge in [-0.15, -0.1) is 0 Å². The normalized spacial score (nSPS) is 10.1. The molecule has 0 saturated carbocycles. The van der Waals surface area contributed by atoms with Crippen LogP contribution in [0.25, 0.3) is 0 Å². The number of aromatic nitrogens is 2. The predicted octanol–water partition coefficient (Wildman–Crippen LogP) is 1.53. The van der Waals surface area contributed by atoms with Crippen LogP contribution < -0.4 is 0 Å². The summed E-state index contributed by atoms with van der Waals surface area (Å²) in [6.07, 6.45) is 0.333. The number of aryl methyl sites for hydroxylation is 1. The Labute approximate surface area is 106 Å². The highest BCUT2D eigenvalue weighted by Crippen LogP contribution is 2.18. The van der Waals surface area contributed by atoms with E-state index in [2.05, 4.69) is 5.10 Å². The maximum absolute atomic E-state index is 11.8. The Hall–Kier alpha value is -1.54. The molecule has 0 atom stereocenters. The Kier molecular flexibility index (Phi) is 4.53. The molecule has 92 valence electrons. The average Bonchev–Trinajstić information content (AvgIpc) is 2.54. The standard InChI is InChI=1S/C11H15ClN4O/c1-8-11(12)9(2)16(14-8)7-10(17)15(3)6-4-5-13/h4,6-7H2,1-3H3. The van der Waals surface area contributed by atoms with E-state index in [9.17, 15) is 4.79 Å². The molecule has 0 spiro atoms. The zero-order valence-corrected chi connectivity index (χ0v) is 11.0. The van der Waals surface area contributed by atoms with Crippen LogP contribution in [-0.2, 0) is 11.3 Å². The summed E-state index contributed by atoms with van der Waals surface area (Å²) < 4.78 is 1.59. The molecule has 0 aromatic carbocycles. The first-order valence-corrected chi connectivity index (χ1v) is 5.65. The Morgan fingerprint density at radius 2 is 2.24 bits per heavy atom. The number of carbonyl (C=O) groups is 1. The Morgan fingerprint density at radius 3 is 2.71 bits per heavy atom. The van der Waals surface area contributed by atoms with Crippen LogP contribution in [0.3, 0.4) is 0 Å². The van der Waals surface area contributed by atoms with Crippen molar-refractivity contribution in [1.82, 2.24) is 14.7 Å². The molecule has 1 heterocycles. The van der Waals surface area contributed by atoms with Gasteiger partial charge in [-0.1, -0.05) is 11.6 Å². The fourth-order valence-corrected chi connectivity index (χ4v) is 1.56. The van der Waals surface area contributed by atoms with Crippen LogP contribution in [-0.4, -0.2) is 34.2 Å². The molecule has 0 aliphatic heterocycles. The third-order valence-corrected chi connectivity index (χ3v) is 3.11. The highest BCUT2D eigenvalue weighted by atomic mass is 35.5. The minimum Gasteiger partial charge on any atom is -0.343 e. The van der Waals surface area contributed by atoms with Gasteiger partial charge in [-0.25, -0.2) is 0 Å². The highest BCUT2D eigenvalue weighted by molar-refractivity contribution is 6.31. The summed E-state index contributed by atoms with van der Waals surface area (Å²) in [5, 5.41) is 13.2. The summed E-state index contributed by atoms with van der Waals surface area (Å²) in [6, 6.07) is 2.00. The average molecular weight is 255 g/mol. The number of nitrogens with zero attached hydrogens (tertiary/aromatic N) is 4. The van der Waals surface area contributed by atoms with Crippen molar-refractivity contribution in [2.45, 2.75) is 26.8 Å². The smallest absolute Gasteiger partial charge is 0.244 e. The van der Waals surface area contributed by atoms with Crippen LogP contribution in [0.4, 0.5) is 0 Å². The van der Waals surface area contributed by atoms with Crippen molar-refractivity contribution in [3.63, 3.8) is 0 Å². The number of amides is 1. The number of hydrogen-bond donors (Lipinski definition) is 0. The molecule has 0 saturated heterocycles. The molecule has 17 heavy (non-hydrogen) atoms. The third kappa shape index (κ3) is 3.21. The minimum atomic E-state index is -0.0810. The number of hydrogen-bond acceptors (Lipinski definition) is 3. The SMILES string of the molecule is Cc1nn(CC(=O)N(C)CCC#N)c(C)c1Cl. The van der Waals surface area contributed by atoms with E-state index in [0.29, 0.717) is 18.0 Å². The molecular weight excluding hydrogens is 240 g/mol. The van der Waals surface area contributed by atoms with Gasteiger partial charge in [0, 0.05) is 13.6 Å². The van der Waals surface area contributed by atoms with Gasteiger partial charge >= 0.3 is 0 Å². The molecule has 0 N–H and O–H groups in total. The maximum atomic E-state index is 11.8. The Bertz CT molecular complexity index is 461. The monoisotopic (exact) mass is 254 g/mol. The summed E-state index contributed by atoms with van der Waals surface area (Å²) in [7, 11) is 1.67. The van der Waals surface area contributed by atoms with Crippen molar-refractivity contribution in [1.29, 1.82) is 5.26 Å². The van der Waals surface area contributed by atoms with E-state index in [-0.39, 0.29) is 12.5 Å². The fraction of sp³-hybridized carbons (Fsp3) is 0.545. The molecule has 0 unspecified atom stereocenters. The van der Waals surface area contributed by atoms with Gasteiger partial charge in [-0.05, 0) is 13.8 Å². The van der Waals surface area contributed by atoms with E-state index in [1.165, 1.54) is 4.90 Å². The van der Waals surface area contributed by atoms with Crippen LogP contribution in [0.5, 0.6) is 0 Å². The van der Waals surface area contributed by atoms with E-state index in [1.54, 1.807) is 18.7 Å². The fourth-order valence-electron chi connectivity index (χ4n) is 1.42. The molecule has 0 radical (unpaired) electrons. The summed E-state index contributed by atoms with van der Waals surface area (Å²) in [5.74, 6) is -0.0810. The van der Waals surface area contributed by atoms with Gasteiger partial charge in [0.15, 0.2) is 0 Å². The maximum Gasteiger partial charge on any atom is 0.244 e. The number of carbonyl (C=O) groups excluding carboxylic acids is 1. The van der Waals surface area contributed by atoms with E-state index < -0.39 is 0 Å². The van der Waals surface area contributed by atoms with E-state index in [0.717, 1.165) is 11.4 Å². The quantitative estimate of drug-likeness (QED) is 0.819. The van der Waals surface area contributed by atoms with Crippen molar-refractivity contribution in [3.05, 3.63) is 16.4 Å². The molecule has 5 nitrogen and oxygen atoms in total. The number of nitriles is 1. The van der Waals surface area contributed by atoms with Gasteiger partial charge in [-0.2, -0.15) is 10.4 Å². The van der Waals surface area contributed by atoms with Crippen molar-refractivity contribution >= 4 is 17.5 Å². The molecule has 1 rings (SSSR count). The second kappa shape index (κ2) is 5.69. The van der Waals surface area contributed by atoms with Gasteiger partial charge in [-0.3, -0.25) is 9.48 Å². The Balaban J connectivity index is 2.68. The lowest BCUT2D eigenvalue weighted by atomic mass is 10.4. The summed E-state index contributed by atoms with van der Waals surface area (Å²) in [6.45, 7) is 4.21. The second-order valence-electron chi connectivity index (χ2n) is 3.87. The first-order chi connectivity index (χ1) is 7.97. The largest absolute Gasteiger partial charge is 0.343 e. The van der Waals surface area contributed by atoms with E-state index >= 15 is 0 Å². The van der Waals surface area contributed by atoms with Gasteiger partial charge in [0.05, 0.1) is 28.9 Å². The van der Waals surface area contributed by atoms with Crippen LogP contribution in [0.1, 0.15) is 17.8 Å². The molecule has 1 aromatic heterocycles. The molecular formula is C11H15ClN4O. The van der Waals surface area contributed by atoms with Gasteiger partial charge < -0.3 is 4.90 Å². The summed E-state index contributed by atoms with van der Waals surface area (Å²) >= 11 is 5.99. The van der Waals surface area contributed by atoms with E-state index in [1.807, 2.05) is 13.0 Å². The lowest BCUT2D eigenvalue weighted by Gasteiger charge is -2.15. The van der Waals surface area contributed by atoms with Crippen LogP contribution >= 0.6 is 11.6 Å². The topological polar surface area (TPSA) is 61.9 Å². The Morgan fingerprint density at radius 1 is 1.59 bits per heavy atom. The van der Waals surface area contributed by atoms with Gasteiger partial charge in [0.2, 0.25) is 5.91 Å². The van der Waals surface area contributed by atoms with Crippen LogP contribution in [0, 0.1) is 25.2 Å². The highest BCUT2D eigenvalue weighted by Gasteiger charge is 2.14. The molecule has 1 amide bonds. The molecule has 0 fully saturated rings. The first-order valence-electron chi connectivity index (χ1n) is 5.27. The zero-order chi connectivity index (χ0) is 13.0. The molecule has 0 bridgehead atoms. The number of halogens is 1. The zero-order valence-electron chi connectivity index (χ0n) is 10.2. The lowest BCUT2D eigenvalue weighted by molar-refractivity contribution is -0.130. The minimum absolute atomic E-state index is 0.0810. The summed E-state index contributed by atoms with van der Waals surface area (Å²) in [5.41, 5.74) is 1.50. The van der Waals surface area contributed by atoms with Crippen molar-refractivity contribution in [2.75, 3.05) is 13.6 Å². The van der Waals surface area contributed by atoms with Crippen LogP contribution in [0.15, 0.2) is 0 Å². The summed E-state index contributed by atoms with van der Waals surface area (Å²) in [4.78, 5) is 13.3. The predicted molar refractivity (Wildman–Crippen MR) is 64.6 cm³/mol. The molecule has 0 aliphatic rings. The van der Waals surface area contributed by atoms with Crippen molar-refractivity contribution in [2.24, 2.45) is 0 Å². The second-order valence-corrected chi connectivity index (χ2v) is 4.24. The van der Waals surface area contributed by atoms with Gasteiger partial charge in [0.1, 0.15) is 6.54 Å². The van der Waals surface area contributed by atoms with E-state index in [4.69, 9.17) is 16.9 Å². The number of rotatable bonds is 4. The first kappa shape index (κ1) is 13.5. The van der Waals surface area contributed by atoms with Gasteiger partial charge in [0.25, 0.3) is 0 Å². The molecule has 1 aromatic rings. The number of likely N-dealkylation sites (N-methyl/N-ethyl adjacent to an activating group) is 1. The van der Waals surface area contributed by atoms with Crippen molar-refractivity contribution in [3.8, 4) is 6.07 Å². The third-order valence-electron chi connectivity index (χ3n) is 2.56. The molecule has 6 heteroatoms.